The van der Waals surface area contributed by atoms with Gasteiger partial charge in [-0.3, -0.25) is 0 Å². The number of ether oxygens (including phenoxy) is 1. The van der Waals surface area contributed by atoms with E-state index in [0.29, 0.717) is 11.3 Å². The van der Waals surface area contributed by atoms with Gasteiger partial charge in [-0.1, -0.05) is 65.1 Å². The van der Waals surface area contributed by atoms with Gasteiger partial charge < -0.3 is 10.1 Å². The third kappa shape index (κ3) is 4.77. The minimum atomic E-state index is -1.83. The molecule has 0 aromatic heterocycles. The maximum atomic E-state index is 13.0. The quantitative estimate of drug-likeness (QED) is 0.778. The molecule has 2 rings (SSSR count). The smallest absolute Gasteiger partial charge is 0.410 e. The zero-order chi connectivity index (χ0) is 16.2. The molecule has 0 saturated heterocycles. The van der Waals surface area contributed by atoms with Crippen molar-refractivity contribution in [1.29, 1.82) is 0 Å². The lowest BCUT2D eigenvalue weighted by Crippen LogP contribution is -2.38. The Bertz CT molecular complexity index is 629. The highest BCUT2D eigenvalue weighted by atomic mass is 35.6. The molecule has 1 amide bonds. The third-order valence-corrected chi connectivity index (χ3v) is 3.40. The predicted molar refractivity (Wildman–Crippen MR) is 85.0 cm³/mol. The third-order valence-electron chi connectivity index (χ3n) is 2.75. The van der Waals surface area contributed by atoms with Gasteiger partial charge in [0.05, 0.1) is 0 Å². The van der Waals surface area contributed by atoms with E-state index in [-0.39, 0.29) is 0 Å². The van der Waals surface area contributed by atoms with E-state index in [9.17, 15) is 9.18 Å². The highest BCUT2D eigenvalue weighted by molar-refractivity contribution is 6.68. The second kappa shape index (κ2) is 7.18. The molecule has 22 heavy (non-hydrogen) atoms. The van der Waals surface area contributed by atoms with Crippen LogP contribution in [0.4, 0.5) is 9.18 Å². The Morgan fingerprint density at radius 2 is 1.64 bits per heavy atom. The summed E-state index contributed by atoms with van der Waals surface area (Å²) in [5, 5.41) is 2.46. The van der Waals surface area contributed by atoms with Gasteiger partial charge in [0, 0.05) is 0 Å². The number of para-hydroxylation sites is 1. The lowest BCUT2D eigenvalue weighted by Gasteiger charge is -2.25. The second-order valence-electron chi connectivity index (χ2n) is 4.37. The number of hydrogen-bond acceptors (Lipinski definition) is 2. The van der Waals surface area contributed by atoms with Crippen molar-refractivity contribution in [2.24, 2.45) is 0 Å². The highest BCUT2D eigenvalue weighted by Gasteiger charge is 2.35. The van der Waals surface area contributed by atoms with Crippen molar-refractivity contribution in [3.63, 3.8) is 0 Å². The maximum Gasteiger partial charge on any atom is 0.413 e. The Morgan fingerprint density at radius 3 is 2.18 bits per heavy atom. The Morgan fingerprint density at radius 1 is 1.05 bits per heavy atom. The Labute approximate surface area is 141 Å². The normalized spacial score (nSPS) is 12.5. The number of halogens is 4. The van der Waals surface area contributed by atoms with Crippen molar-refractivity contribution < 1.29 is 13.9 Å². The van der Waals surface area contributed by atoms with Crippen LogP contribution >= 0.6 is 34.8 Å². The Balaban J connectivity index is 2.13. The molecule has 0 radical (unpaired) electrons. The molecule has 0 saturated carbocycles. The van der Waals surface area contributed by atoms with Crippen LogP contribution in [0.3, 0.4) is 0 Å². The first-order chi connectivity index (χ1) is 10.4. The van der Waals surface area contributed by atoms with Crippen molar-refractivity contribution in [3.8, 4) is 5.75 Å². The molecule has 0 aliphatic carbocycles. The van der Waals surface area contributed by atoms with Gasteiger partial charge in [-0.05, 0) is 29.8 Å². The van der Waals surface area contributed by atoms with Crippen LogP contribution in [-0.2, 0) is 0 Å². The molecule has 2 aromatic carbocycles. The molecule has 0 unspecified atom stereocenters. The average molecular weight is 363 g/mol. The first-order valence-corrected chi connectivity index (χ1v) is 7.35. The van der Waals surface area contributed by atoms with Crippen molar-refractivity contribution in [2.45, 2.75) is 9.83 Å². The van der Waals surface area contributed by atoms with Crippen LogP contribution in [0, 0.1) is 5.82 Å². The molecular formula is C15H11Cl3FNO2. The lowest BCUT2D eigenvalue weighted by atomic mass is 10.1. The number of benzene rings is 2. The minimum absolute atomic E-state index is 0.349. The fourth-order valence-electron chi connectivity index (χ4n) is 1.75. The summed E-state index contributed by atoms with van der Waals surface area (Å²) in [5.41, 5.74) is 0.436. The number of amides is 1. The molecule has 0 aliphatic heterocycles. The average Bonchev–Trinajstić information content (AvgIpc) is 2.46. The van der Waals surface area contributed by atoms with Gasteiger partial charge in [-0.15, -0.1) is 0 Å². The zero-order valence-electron chi connectivity index (χ0n) is 11.1. The minimum Gasteiger partial charge on any atom is -0.410 e. The largest absolute Gasteiger partial charge is 0.413 e. The summed E-state index contributed by atoms with van der Waals surface area (Å²) in [6.45, 7) is 0. The summed E-state index contributed by atoms with van der Waals surface area (Å²) in [4.78, 5) is 11.9. The van der Waals surface area contributed by atoms with Gasteiger partial charge in [0.15, 0.2) is 0 Å². The van der Waals surface area contributed by atoms with E-state index in [1.807, 2.05) is 0 Å². The fraction of sp³-hybridized carbons (Fsp3) is 0.133. The Kier molecular flexibility index (Phi) is 5.51. The Hall–Kier alpha value is -1.49. The molecule has 0 heterocycles. The number of nitrogens with one attached hydrogen (secondary N) is 1. The molecule has 0 spiro atoms. The molecule has 0 fully saturated rings. The summed E-state index contributed by atoms with van der Waals surface area (Å²) in [7, 11) is 0. The number of alkyl halides is 3. The topological polar surface area (TPSA) is 38.3 Å². The monoisotopic (exact) mass is 361 g/mol. The number of rotatable bonds is 3. The predicted octanol–water partition coefficient (Wildman–Crippen LogP) is 5.03. The van der Waals surface area contributed by atoms with Crippen LogP contribution in [0.1, 0.15) is 11.6 Å². The fourth-order valence-corrected chi connectivity index (χ4v) is 2.29. The molecule has 116 valence electrons. The molecule has 2 aromatic rings. The van der Waals surface area contributed by atoms with Crippen LogP contribution in [-0.4, -0.2) is 9.89 Å². The van der Waals surface area contributed by atoms with Crippen molar-refractivity contribution in [3.05, 3.63) is 66.0 Å². The van der Waals surface area contributed by atoms with E-state index in [0.717, 1.165) is 0 Å². The number of hydrogen-bond donors (Lipinski definition) is 1. The van der Waals surface area contributed by atoms with Crippen molar-refractivity contribution >= 4 is 40.9 Å². The molecule has 1 N–H and O–H groups in total. The van der Waals surface area contributed by atoms with Gasteiger partial charge in [0.2, 0.25) is 3.79 Å². The van der Waals surface area contributed by atoms with Gasteiger partial charge in [-0.2, -0.15) is 0 Å². The van der Waals surface area contributed by atoms with E-state index in [4.69, 9.17) is 39.5 Å². The van der Waals surface area contributed by atoms with E-state index < -0.39 is 21.7 Å². The van der Waals surface area contributed by atoms with Gasteiger partial charge >= 0.3 is 6.09 Å². The first-order valence-electron chi connectivity index (χ1n) is 6.22. The lowest BCUT2D eigenvalue weighted by molar-refractivity contribution is 0.196. The van der Waals surface area contributed by atoms with Crippen molar-refractivity contribution in [1.82, 2.24) is 5.32 Å². The number of carbonyl (C=O) groups is 1. The number of carbonyl (C=O) groups excluding carboxylic acids is 1. The zero-order valence-corrected chi connectivity index (χ0v) is 13.4. The van der Waals surface area contributed by atoms with Crippen LogP contribution in [0.2, 0.25) is 0 Å². The molecule has 3 nitrogen and oxygen atoms in total. The van der Waals surface area contributed by atoms with Crippen LogP contribution < -0.4 is 10.1 Å². The molecule has 0 aliphatic rings. The van der Waals surface area contributed by atoms with Crippen LogP contribution in [0.5, 0.6) is 5.75 Å². The van der Waals surface area contributed by atoms with E-state index in [1.54, 1.807) is 30.3 Å². The molecule has 0 bridgehead atoms. The van der Waals surface area contributed by atoms with Crippen molar-refractivity contribution in [2.75, 3.05) is 0 Å². The summed E-state index contributed by atoms with van der Waals surface area (Å²) in [6, 6.07) is 12.7. The summed E-state index contributed by atoms with van der Waals surface area (Å²) >= 11 is 17.7. The van der Waals surface area contributed by atoms with Gasteiger partial charge in [0.1, 0.15) is 17.6 Å². The molecular weight excluding hydrogens is 352 g/mol. The van der Waals surface area contributed by atoms with E-state index in [1.165, 1.54) is 24.3 Å². The van der Waals surface area contributed by atoms with Gasteiger partial charge in [0.25, 0.3) is 0 Å². The summed E-state index contributed by atoms with van der Waals surface area (Å²) in [6.07, 6.45) is -0.785. The van der Waals surface area contributed by atoms with Gasteiger partial charge in [-0.25, -0.2) is 9.18 Å². The molecule has 7 heteroatoms. The van der Waals surface area contributed by atoms with Crippen LogP contribution in [0.15, 0.2) is 54.6 Å². The summed E-state index contributed by atoms with van der Waals surface area (Å²) in [5.74, 6) is -0.0825. The standard InChI is InChI=1S/C15H11Cl3FNO2/c16-15(17,18)13(10-6-8-11(19)9-7-10)20-14(21)22-12-4-2-1-3-5-12/h1-9,13H,(H,20,21)/t13-/m1/s1. The first kappa shape index (κ1) is 16.9. The maximum absolute atomic E-state index is 13.0. The summed E-state index contributed by atoms with van der Waals surface area (Å²) < 4.78 is 16.2. The molecule has 1 atom stereocenters. The van der Waals surface area contributed by atoms with E-state index >= 15 is 0 Å². The van der Waals surface area contributed by atoms with E-state index in [2.05, 4.69) is 5.32 Å². The SMILES string of the molecule is O=C(N[C@H](c1ccc(F)cc1)C(Cl)(Cl)Cl)Oc1ccccc1. The second-order valence-corrected chi connectivity index (χ2v) is 6.74. The van der Waals surface area contributed by atoms with Crippen LogP contribution in [0.25, 0.3) is 0 Å². The highest BCUT2D eigenvalue weighted by Crippen LogP contribution is 2.39.